The lowest BCUT2D eigenvalue weighted by molar-refractivity contribution is -0.121. The zero-order valence-electron chi connectivity index (χ0n) is 17.8. The number of esters is 1. The minimum Gasteiger partial charge on any atom is -0.482 e. The van der Waals surface area contributed by atoms with Gasteiger partial charge in [0.15, 0.2) is 6.61 Å². The number of aryl methyl sites for hydroxylation is 1. The molecule has 0 fully saturated rings. The first-order chi connectivity index (χ1) is 15.5. The molecule has 0 radical (unpaired) electrons. The SMILES string of the molecule is COC(=O)c1cccc(CN2C(=O)COc3ccc(NC(=O)c4ccccc4C)cc32)c1. The van der Waals surface area contributed by atoms with Gasteiger partial charge in [0.05, 0.1) is 24.9 Å². The van der Waals surface area contributed by atoms with Gasteiger partial charge in [0.25, 0.3) is 11.8 Å². The highest BCUT2D eigenvalue weighted by Gasteiger charge is 2.26. The standard InChI is InChI=1S/C25H22N2O5/c1-16-6-3-4-9-20(16)24(29)26-19-10-11-22-21(13-19)27(23(28)15-32-22)14-17-7-5-8-18(12-17)25(30)31-2/h3-13H,14-15H2,1-2H3,(H,26,29). The van der Waals surface area contributed by atoms with Crippen LogP contribution in [0, 0.1) is 6.92 Å². The number of fused-ring (bicyclic) bond motifs is 1. The number of nitrogens with one attached hydrogen (secondary N) is 1. The van der Waals surface area contributed by atoms with Crippen molar-refractivity contribution < 1.29 is 23.9 Å². The number of hydrogen-bond donors (Lipinski definition) is 1. The Labute approximate surface area is 185 Å². The second kappa shape index (κ2) is 8.93. The highest BCUT2D eigenvalue weighted by molar-refractivity contribution is 6.06. The van der Waals surface area contributed by atoms with Gasteiger partial charge in [0.2, 0.25) is 0 Å². The van der Waals surface area contributed by atoms with E-state index in [-0.39, 0.29) is 25.0 Å². The van der Waals surface area contributed by atoms with Crippen LogP contribution in [0.2, 0.25) is 0 Å². The van der Waals surface area contributed by atoms with Crippen LogP contribution in [0.3, 0.4) is 0 Å². The Morgan fingerprint density at radius 2 is 1.88 bits per heavy atom. The predicted molar refractivity (Wildman–Crippen MR) is 120 cm³/mol. The molecule has 1 N–H and O–H groups in total. The summed E-state index contributed by atoms with van der Waals surface area (Å²) in [4.78, 5) is 38.8. The Bertz CT molecular complexity index is 1200. The number of carbonyl (C=O) groups excluding carboxylic acids is 3. The van der Waals surface area contributed by atoms with Gasteiger partial charge in [0, 0.05) is 11.3 Å². The molecule has 0 saturated carbocycles. The summed E-state index contributed by atoms with van der Waals surface area (Å²) in [5.41, 5.74) is 3.71. The van der Waals surface area contributed by atoms with E-state index in [2.05, 4.69) is 5.32 Å². The molecule has 2 amide bonds. The normalized spacial score (nSPS) is 12.6. The lowest BCUT2D eigenvalue weighted by Gasteiger charge is -2.30. The van der Waals surface area contributed by atoms with Crippen molar-refractivity contribution in [1.29, 1.82) is 0 Å². The van der Waals surface area contributed by atoms with E-state index in [1.54, 1.807) is 47.4 Å². The summed E-state index contributed by atoms with van der Waals surface area (Å²) in [5.74, 6) is -0.351. The first-order valence-electron chi connectivity index (χ1n) is 10.1. The third-order valence-corrected chi connectivity index (χ3v) is 5.24. The summed E-state index contributed by atoms with van der Waals surface area (Å²) in [6, 6.07) is 19.4. The van der Waals surface area contributed by atoms with Crippen molar-refractivity contribution >= 4 is 29.2 Å². The van der Waals surface area contributed by atoms with E-state index >= 15 is 0 Å². The topological polar surface area (TPSA) is 84.9 Å². The van der Waals surface area contributed by atoms with Gasteiger partial charge in [-0.3, -0.25) is 9.59 Å². The number of anilines is 2. The Kier molecular flexibility index (Phi) is 5.89. The number of carbonyl (C=O) groups is 3. The molecule has 1 aliphatic heterocycles. The van der Waals surface area contributed by atoms with Crippen LogP contribution >= 0.6 is 0 Å². The summed E-state index contributed by atoms with van der Waals surface area (Å²) in [6.07, 6.45) is 0. The van der Waals surface area contributed by atoms with Gasteiger partial charge in [-0.15, -0.1) is 0 Å². The molecule has 1 aliphatic rings. The zero-order chi connectivity index (χ0) is 22.7. The number of nitrogens with zero attached hydrogens (tertiary/aromatic N) is 1. The first kappa shape index (κ1) is 21.1. The quantitative estimate of drug-likeness (QED) is 0.620. The maximum atomic E-state index is 12.7. The predicted octanol–water partition coefficient (Wildman–Crippen LogP) is 3.96. The third kappa shape index (κ3) is 4.32. The van der Waals surface area contributed by atoms with Gasteiger partial charge in [-0.2, -0.15) is 0 Å². The Balaban J connectivity index is 1.61. The summed E-state index contributed by atoms with van der Waals surface area (Å²) >= 11 is 0. The molecule has 7 nitrogen and oxygen atoms in total. The fraction of sp³-hybridized carbons (Fsp3) is 0.160. The molecule has 0 aliphatic carbocycles. The maximum Gasteiger partial charge on any atom is 0.337 e. The fourth-order valence-corrected chi connectivity index (χ4v) is 3.58. The average molecular weight is 430 g/mol. The smallest absolute Gasteiger partial charge is 0.337 e. The van der Waals surface area contributed by atoms with E-state index in [4.69, 9.17) is 9.47 Å². The molecule has 0 spiro atoms. The Hall–Kier alpha value is -4.13. The van der Waals surface area contributed by atoms with Crippen LogP contribution in [0.5, 0.6) is 5.75 Å². The molecule has 3 aromatic carbocycles. The molecule has 0 bridgehead atoms. The van der Waals surface area contributed by atoms with Crippen LogP contribution < -0.4 is 15.0 Å². The molecule has 7 heteroatoms. The van der Waals surface area contributed by atoms with E-state index in [0.717, 1.165) is 11.1 Å². The second-order valence-corrected chi connectivity index (χ2v) is 7.41. The van der Waals surface area contributed by atoms with Crippen molar-refractivity contribution in [2.45, 2.75) is 13.5 Å². The van der Waals surface area contributed by atoms with Gasteiger partial charge in [-0.1, -0.05) is 30.3 Å². The number of rotatable bonds is 5. The van der Waals surface area contributed by atoms with Crippen LogP contribution in [0.1, 0.15) is 31.8 Å². The Morgan fingerprint density at radius 1 is 1.06 bits per heavy atom. The fourth-order valence-electron chi connectivity index (χ4n) is 3.58. The summed E-state index contributed by atoms with van der Waals surface area (Å²) < 4.78 is 10.3. The molecule has 3 aromatic rings. The minimum atomic E-state index is -0.443. The van der Waals surface area contributed by atoms with Crippen molar-refractivity contribution in [3.8, 4) is 5.75 Å². The van der Waals surface area contributed by atoms with Crippen LogP contribution in [0.15, 0.2) is 66.7 Å². The monoisotopic (exact) mass is 430 g/mol. The summed E-state index contributed by atoms with van der Waals surface area (Å²) in [7, 11) is 1.32. The van der Waals surface area contributed by atoms with Gasteiger partial charge < -0.3 is 19.7 Å². The Morgan fingerprint density at radius 3 is 2.66 bits per heavy atom. The minimum absolute atomic E-state index is 0.0847. The van der Waals surface area contributed by atoms with Gasteiger partial charge >= 0.3 is 5.97 Å². The average Bonchev–Trinajstić information content (AvgIpc) is 2.81. The molecule has 162 valence electrons. The van der Waals surface area contributed by atoms with Crippen LogP contribution in [0.4, 0.5) is 11.4 Å². The largest absolute Gasteiger partial charge is 0.482 e. The highest BCUT2D eigenvalue weighted by Crippen LogP contribution is 2.35. The molecule has 32 heavy (non-hydrogen) atoms. The molecule has 0 aromatic heterocycles. The second-order valence-electron chi connectivity index (χ2n) is 7.41. The number of hydrogen-bond acceptors (Lipinski definition) is 5. The molecule has 0 unspecified atom stereocenters. The van der Waals surface area contributed by atoms with Gasteiger partial charge in [0.1, 0.15) is 5.75 Å². The van der Waals surface area contributed by atoms with Gasteiger partial charge in [-0.25, -0.2) is 4.79 Å². The number of amides is 2. The van der Waals surface area contributed by atoms with Crippen molar-refractivity contribution in [3.63, 3.8) is 0 Å². The van der Waals surface area contributed by atoms with Crippen molar-refractivity contribution in [2.24, 2.45) is 0 Å². The number of ether oxygens (including phenoxy) is 2. The van der Waals surface area contributed by atoms with Crippen LogP contribution in [-0.4, -0.2) is 31.5 Å². The highest BCUT2D eigenvalue weighted by atomic mass is 16.5. The van der Waals surface area contributed by atoms with E-state index < -0.39 is 5.97 Å². The molecule has 4 rings (SSSR count). The zero-order valence-corrected chi connectivity index (χ0v) is 17.8. The van der Waals surface area contributed by atoms with E-state index in [0.29, 0.717) is 28.3 Å². The lowest BCUT2D eigenvalue weighted by atomic mass is 10.1. The van der Waals surface area contributed by atoms with Crippen LogP contribution in [0.25, 0.3) is 0 Å². The van der Waals surface area contributed by atoms with Crippen molar-refractivity contribution in [2.75, 3.05) is 23.9 Å². The first-order valence-corrected chi connectivity index (χ1v) is 10.1. The molecule has 0 atom stereocenters. The van der Waals surface area contributed by atoms with E-state index in [1.807, 2.05) is 31.2 Å². The lowest BCUT2D eigenvalue weighted by Crippen LogP contribution is -2.38. The van der Waals surface area contributed by atoms with Crippen LogP contribution in [-0.2, 0) is 16.1 Å². The molecular formula is C25H22N2O5. The van der Waals surface area contributed by atoms with Crippen molar-refractivity contribution in [1.82, 2.24) is 0 Å². The number of benzene rings is 3. The molecular weight excluding hydrogens is 408 g/mol. The van der Waals surface area contributed by atoms with Gasteiger partial charge in [-0.05, 0) is 54.4 Å². The molecule has 0 saturated heterocycles. The number of methoxy groups -OCH3 is 1. The van der Waals surface area contributed by atoms with E-state index in [1.165, 1.54) is 7.11 Å². The maximum absolute atomic E-state index is 12.7. The third-order valence-electron chi connectivity index (χ3n) is 5.24. The van der Waals surface area contributed by atoms with E-state index in [9.17, 15) is 14.4 Å². The summed E-state index contributed by atoms with van der Waals surface area (Å²) in [5, 5.41) is 2.89. The molecule has 1 heterocycles. The summed E-state index contributed by atoms with van der Waals surface area (Å²) in [6.45, 7) is 2.03. The van der Waals surface area contributed by atoms with Crippen molar-refractivity contribution in [3.05, 3.63) is 89.0 Å².